The van der Waals surface area contributed by atoms with Crippen molar-refractivity contribution in [2.75, 3.05) is 26.3 Å². The minimum Gasteiger partial charge on any atom is -0.486 e. The first-order valence-corrected chi connectivity index (χ1v) is 11.7. The van der Waals surface area contributed by atoms with Crippen molar-refractivity contribution in [2.24, 2.45) is 0 Å². The Labute approximate surface area is 185 Å². The molecule has 1 saturated heterocycles. The summed E-state index contributed by atoms with van der Waals surface area (Å²) in [5.41, 5.74) is 1.45. The third-order valence-corrected chi connectivity index (χ3v) is 7.26. The van der Waals surface area contributed by atoms with Crippen molar-refractivity contribution in [1.82, 2.24) is 13.9 Å². The van der Waals surface area contributed by atoms with Gasteiger partial charge in [-0.2, -0.15) is 4.31 Å². The molecule has 4 rings (SSSR count). The van der Waals surface area contributed by atoms with Crippen LogP contribution in [0.15, 0.2) is 41.3 Å². The fraction of sp³-hybridized carbons (Fsp3) is 0.350. The molecule has 7 nitrogen and oxygen atoms in total. The number of aryl methyl sites for hydroxylation is 1. The second kappa shape index (κ2) is 8.72. The lowest BCUT2D eigenvalue weighted by Gasteiger charge is -2.26. The number of aromatic nitrogens is 2. The number of fused-ring (bicyclic) bond motifs is 1. The summed E-state index contributed by atoms with van der Waals surface area (Å²) in [6, 6.07) is 10.0. The van der Waals surface area contributed by atoms with Crippen LogP contribution in [0.3, 0.4) is 0 Å². The highest BCUT2D eigenvalue weighted by Gasteiger charge is 2.27. The Hall–Kier alpha value is -1.84. The summed E-state index contributed by atoms with van der Waals surface area (Å²) in [5, 5.41) is 0.971. The molecule has 0 atom stereocenters. The topological polar surface area (TPSA) is 73.7 Å². The largest absolute Gasteiger partial charge is 0.486 e. The van der Waals surface area contributed by atoms with Gasteiger partial charge < -0.3 is 14.0 Å². The van der Waals surface area contributed by atoms with Crippen LogP contribution in [0.2, 0.25) is 10.0 Å². The Morgan fingerprint density at radius 1 is 1.10 bits per heavy atom. The predicted molar refractivity (Wildman–Crippen MR) is 116 cm³/mol. The van der Waals surface area contributed by atoms with Crippen molar-refractivity contribution in [2.45, 2.75) is 25.0 Å². The summed E-state index contributed by atoms with van der Waals surface area (Å²) >= 11 is 12.0. The number of sulfonamides is 1. The number of rotatable bonds is 6. The molecule has 0 spiro atoms. The minimum atomic E-state index is -3.59. The van der Waals surface area contributed by atoms with E-state index in [0.717, 1.165) is 5.52 Å². The van der Waals surface area contributed by atoms with Crippen molar-refractivity contribution >= 4 is 44.3 Å². The maximum atomic E-state index is 13.0. The van der Waals surface area contributed by atoms with Crippen LogP contribution in [-0.2, 0) is 27.9 Å². The van der Waals surface area contributed by atoms with Gasteiger partial charge in [0.05, 0.1) is 29.1 Å². The number of morpholine rings is 1. The molecule has 0 amide bonds. The van der Waals surface area contributed by atoms with Crippen molar-refractivity contribution in [3.8, 4) is 5.75 Å². The van der Waals surface area contributed by atoms with Gasteiger partial charge in [0.1, 0.15) is 18.2 Å². The zero-order valence-electron chi connectivity index (χ0n) is 16.3. The first-order chi connectivity index (χ1) is 14.4. The molecule has 1 fully saturated rings. The molecule has 1 aliphatic heterocycles. The van der Waals surface area contributed by atoms with Gasteiger partial charge in [-0.25, -0.2) is 13.4 Å². The average Bonchev–Trinajstić information content (AvgIpc) is 3.09. The third kappa shape index (κ3) is 4.29. The zero-order chi connectivity index (χ0) is 21.3. The molecule has 3 aromatic rings. The fourth-order valence-electron chi connectivity index (χ4n) is 3.48. The third-order valence-electron chi connectivity index (χ3n) is 4.93. The van der Waals surface area contributed by atoms with Crippen LogP contribution in [0.4, 0.5) is 0 Å². The Kier molecular flexibility index (Phi) is 6.22. The van der Waals surface area contributed by atoms with E-state index in [0.29, 0.717) is 60.0 Å². The van der Waals surface area contributed by atoms with Gasteiger partial charge in [-0.15, -0.1) is 0 Å². The lowest BCUT2D eigenvalue weighted by molar-refractivity contribution is 0.0730. The molecule has 160 valence electrons. The van der Waals surface area contributed by atoms with Crippen LogP contribution in [0.5, 0.6) is 5.75 Å². The minimum absolute atomic E-state index is 0.199. The molecule has 0 bridgehead atoms. The highest BCUT2D eigenvalue weighted by molar-refractivity contribution is 7.89. The SMILES string of the molecule is CCn1c(COc2cc(Cl)cc(Cl)c2)nc2cc(S(=O)(=O)N3CCOCC3)ccc21. The van der Waals surface area contributed by atoms with Gasteiger partial charge >= 0.3 is 0 Å². The molecule has 30 heavy (non-hydrogen) atoms. The molecule has 0 unspecified atom stereocenters. The average molecular weight is 470 g/mol. The molecular weight excluding hydrogens is 449 g/mol. The van der Waals surface area contributed by atoms with Gasteiger partial charge in [0.25, 0.3) is 0 Å². The molecule has 2 heterocycles. The first-order valence-electron chi connectivity index (χ1n) is 9.54. The number of hydrogen-bond acceptors (Lipinski definition) is 5. The van der Waals surface area contributed by atoms with Crippen LogP contribution in [0.25, 0.3) is 11.0 Å². The standard InChI is InChI=1S/C20H21Cl2N3O4S/c1-2-25-19-4-3-17(30(26,27)24-5-7-28-8-6-24)12-18(19)23-20(25)13-29-16-10-14(21)9-15(22)11-16/h3-4,9-12H,2,5-8,13H2,1H3. The normalized spacial score (nSPS) is 15.6. The highest BCUT2D eigenvalue weighted by atomic mass is 35.5. The Balaban J connectivity index is 1.63. The highest BCUT2D eigenvalue weighted by Crippen LogP contribution is 2.27. The summed E-state index contributed by atoms with van der Waals surface area (Å²) < 4.78 is 40.4. The monoisotopic (exact) mass is 469 g/mol. The van der Waals surface area contributed by atoms with E-state index < -0.39 is 10.0 Å². The Morgan fingerprint density at radius 2 is 1.80 bits per heavy atom. The second-order valence-corrected chi connectivity index (χ2v) is 9.64. The van der Waals surface area contributed by atoms with E-state index in [4.69, 9.17) is 32.7 Å². The van der Waals surface area contributed by atoms with E-state index in [1.807, 2.05) is 11.5 Å². The van der Waals surface area contributed by atoms with E-state index in [-0.39, 0.29) is 11.5 Å². The van der Waals surface area contributed by atoms with Gasteiger partial charge in [0.2, 0.25) is 10.0 Å². The number of halogens is 2. The summed E-state index contributed by atoms with van der Waals surface area (Å²) in [6.07, 6.45) is 0. The quantitative estimate of drug-likeness (QED) is 0.545. The van der Waals surface area contributed by atoms with Gasteiger partial charge in [0.15, 0.2) is 0 Å². The number of imidazole rings is 1. The van der Waals surface area contributed by atoms with Crippen LogP contribution < -0.4 is 4.74 Å². The van der Waals surface area contributed by atoms with Crippen LogP contribution in [0, 0.1) is 0 Å². The van der Waals surface area contributed by atoms with E-state index in [9.17, 15) is 8.42 Å². The molecule has 0 radical (unpaired) electrons. The maximum Gasteiger partial charge on any atom is 0.243 e. The smallest absolute Gasteiger partial charge is 0.243 e. The van der Waals surface area contributed by atoms with Crippen molar-refractivity contribution in [1.29, 1.82) is 0 Å². The fourth-order valence-corrected chi connectivity index (χ4v) is 5.41. The number of nitrogens with zero attached hydrogens (tertiary/aromatic N) is 3. The number of ether oxygens (including phenoxy) is 2. The van der Waals surface area contributed by atoms with Gasteiger partial charge in [-0.3, -0.25) is 0 Å². The summed E-state index contributed by atoms with van der Waals surface area (Å²) in [4.78, 5) is 4.86. The first kappa shape index (κ1) is 21.4. The lowest BCUT2D eigenvalue weighted by atomic mass is 10.3. The van der Waals surface area contributed by atoms with Gasteiger partial charge in [0, 0.05) is 29.7 Å². The molecule has 0 aliphatic carbocycles. The Morgan fingerprint density at radius 3 is 2.47 bits per heavy atom. The molecule has 2 aromatic carbocycles. The lowest BCUT2D eigenvalue weighted by Crippen LogP contribution is -2.40. The molecule has 0 N–H and O–H groups in total. The summed E-state index contributed by atoms with van der Waals surface area (Å²) in [6.45, 7) is 4.38. The van der Waals surface area contributed by atoms with Gasteiger partial charge in [-0.1, -0.05) is 23.2 Å². The van der Waals surface area contributed by atoms with E-state index >= 15 is 0 Å². The number of hydrogen-bond donors (Lipinski definition) is 0. The zero-order valence-corrected chi connectivity index (χ0v) is 18.7. The molecule has 0 saturated carbocycles. The summed E-state index contributed by atoms with van der Waals surface area (Å²) in [5.74, 6) is 1.22. The predicted octanol–water partition coefficient (Wildman–Crippen LogP) is 3.96. The Bertz CT molecular complexity index is 1150. The van der Waals surface area contributed by atoms with Gasteiger partial charge in [-0.05, 0) is 43.3 Å². The van der Waals surface area contributed by atoms with E-state index in [1.165, 1.54) is 4.31 Å². The molecular formula is C20H21Cl2N3O4S. The van der Waals surface area contributed by atoms with Crippen LogP contribution in [0.1, 0.15) is 12.7 Å². The maximum absolute atomic E-state index is 13.0. The van der Waals surface area contributed by atoms with E-state index in [1.54, 1.807) is 36.4 Å². The molecule has 1 aliphatic rings. The van der Waals surface area contributed by atoms with Crippen molar-refractivity contribution in [3.63, 3.8) is 0 Å². The van der Waals surface area contributed by atoms with Crippen LogP contribution >= 0.6 is 23.2 Å². The van der Waals surface area contributed by atoms with Crippen LogP contribution in [-0.4, -0.2) is 48.6 Å². The number of benzene rings is 2. The molecule has 1 aromatic heterocycles. The summed E-state index contributed by atoms with van der Waals surface area (Å²) in [7, 11) is -3.59. The second-order valence-electron chi connectivity index (χ2n) is 6.83. The van der Waals surface area contributed by atoms with Crippen molar-refractivity contribution in [3.05, 3.63) is 52.3 Å². The molecule has 10 heteroatoms. The van der Waals surface area contributed by atoms with Crippen molar-refractivity contribution < 1.29 is 17.9 Å². The van der Waals surface area contributed by atoms with E-state index in [2.05, 4.69) is 4.98 Å².